The molecule has 2 aromatic rings. The highest BCUT2D eigenvalue weighted by Gasteiger charge is 2.09. The summed E-state index contributed by atoms with van der Waals surface area (Å²) in [6, 6.07) is 6.75. The van der Waals surface area contributed by atoms with Crippen LogP contribution < -0.4 is 5.73 Å². The smallest absolute Gasteiger partial charge is 0.133 e. The monoisotopic (exact) mass is 236 g/mol. The van der Waals surface area contributed by atoms with Crippen molar-refractivity contribution in [3.8, 4) is 10.6 Å². The van der Waals surface area contributed by atoms with E-state index in [1.54, 1.807) is 12.1 Å². The molecule has 16 heavy (non-hydrogen) atoms. The van der Waals surface area contributed by atoms with E-state index < -0.39 is 0 Å². The lowest BCUT2D eigenvalue weighted by molar-refractivity contribution is 0.631. The normalized spacial score (nSPS) is 12.7. The third-order valence-electron chi connectivity index (χ3n) is 2.19. The largest absolute Gasteiger partial charge is 0.328 e. The van der Waals surface area contributed by atoms with Crippen LogP contribution in [0.15, 0.2) is 29.6 Å². The first-order valence-electron chi connectivity index (χ1n) is 5.11. The molecule has 0 fully saturated rings. The fraction of sp³-hybridized carbons (Fsp3) is 0.250. The van der Waals surface area contributed by atoms with Gasteiger partial charge in [0.15, 0.2) is 0 Å². The van der Waals surface area contributed by atoms with Crippen LogP contribution in [0.25, 0.3) is 10.6 Å². The molecule has 2 nitrogen and oxygen atoms in total. The Balaban J connectivity index is 2.28. The van der Waals surface area contributed by atoms with Gasteiger partial charge in [-0.2, -0.15) is 0 Å². The number of aromatic nitrogens is 1. The Bertz CT molecular complexity index is 479. The number of halogens is 1. The quantitative estimate of drug-likeness (QED) is 0.890. The molecule has 1 heterocycles. The lowest BCUT2D eigenvalue weighted by Crippen LogP contribution is -2.17. The summed E-state index contributed by atoms with van der Waals surface area (Å²) in [6.07, 6.45) is 0.727. The molecule has 0 saturated heterocycles. The zero-order valence-electron chi connectivity index (χ0n) is 8.98. The Morgan fingerprint density at radius 1 is 1.44 bits per heavy atom. The maximum Gasteiger partial charge on any atom is 0.133 e. The van der Waals surface area contributed by atoms with Crippen LogP contribution in [0.3, 0.4) is 0 Å². The molecular weight excluding hydrogens is 223 g/mol. The predicted molar refractivity (Wildman–Crippen MR) is 64.9 cm³/mol. The number of hydrogen-bond donors (Lipinski definition) is 1. The Morgan fingerprint density at radius 2 is 2.19 bits per heavy atom. The van der Waals surface area contributed by atoms with Gasteiger partial charge in [-0.05, 0) is 19.1 Å². The average molecular weight is 236 g/mol. The molecule has 0 aliphatic heterocycles. The third kappa shape index (κ3) is 2.46. The lowest BCUT2D eigenvalue weighted by Gasteiger charge is -2.00. The van der Waals surface area contributed by atoms with Gasteiger partial charge in [0.25, 0.3) is 0 Å². The van der Waals surface area contributed by atoms with Gasteiger partial charge < -0.3 is 5.73 Å². The van der Waals surface area contributed by atoms with Crippen molar-refractivity contribution < 1.29 is 4.39 Å². The van der Waals surface area contributed by atoms with Crippen molar-refractivity contribution in [2.24, 2.45) is 5.73 Å². The van der Waals surface area contributed by atoms with Gasteiger partial charge in [0.1, 0.15) is 10.8 Å². The van der Waals surface area contributed by atoms with E-state index in [1.807, 2.05) is 18.4 Å². The molecule has 0 saturated carbocycles. The van der Waals surface area contributed by atoms with Gasteiger partial charge >= 0.3 is 0 Å². The van der Waals surface area contributed by atoms with Crippen LogP contribution in [0.2, 0.25) is 0 Å². The van der Waals surface area contributed by atoms with Crippen LogP contribution in [-0.4, -0.2) is 11.0 Å². The summed E-state index contributed by atoms with van der Waals surface area (Å²) in [5.41, 5.74) is 7.18. The molecule has 0 bridgehead atoms. The van der Waals surface area contributed by atoms with Gasteiger partial charge in [-0.1, -0.05) is 12.1 Å². The summed E-state index contributed by atoms with van der Waals surface area (Å²) >= 11 is 1.45. The predicted octanol–water partition coefficient (Wildman–Crippen LogP) is 2.84. The molecule has 2 rings (SSSR count). The van der Waals surface area contributed by atoms with Crippen molar-refractivity contribution in [3.05, 3.63) is 41.2 Å². The van der Waals surface area contributed by atoms with E-state index in [0.29, 0.717) is 10.6 Å². The second kappa shape index (κ2) is 4.72. The number of benzene rings is 1. The van der Waals surface area contributed by atoms with Crippen LogP contribution in [0.4, 0.5) is 4.39 Å². The van der Waals surface area contributed by atoms with E-state index in [0.717, 1.165) is 12.1 Å². The highest BCUT2D eigenvalue weighted by Crippen LogP contribution is 2.26. The maximum atomic E-state index is 13.5. The van der Waals surface area contributed by atoms with Crippen LogP contribution in [0.5, 0.6) is 0 Å². The maximum absolute atomic E-state index is 13.5. The topological polar surface area (TPSA) is 38.9 Å². The first kappa shape index (κ1) is 11.2. The minimum absolute atomic E-state index is 0.0792. The van der Waals surface area contributed by atoms with Gasteiger partial charge in [0, 0.05) is 23.4 Å². The summed E-state index contributed by atoms with van der Waals surface area (Å²) in [7, 11) is 0. The van der Waals surface area contributed by atoms with Gasteiger partial charge in [-0.15, -0.1) is 11.3 Å². The van der Waals surface area contributed by atoms with E-state index in [1.165, 1.54) is 17.4 Å². The van der Waals surface area contributed by atoms with E-state index in [-0.39, 0.29) is 11.9 Å². The minimum Gasteiger partial charge on any atom is -0.328 e. The van der Waals surface area contributed by atoms with Gasteiger partial charge in [0.2, 0.25) is 0 Å². The van der Waals surface area contributed by atoms with Crippen molar-refractivity contribution in [2.45, 2.75) is 19.4 Å². The Hall–Kier alpha value is -1.26. The molecule has 1 aromatic carbocycles. The molecule has 0 spiro atoms. The summed E-state index contributed by atoms with van der Waals surface area (Å²) in [4.78, 5) is 4.38. The van der Waals surface area contributed by atoms with E-state index in [9.17, 15) is 4.39 Å². The highest BCUT2D eigenvalue weighted by molar-refractivity contribution is 7.13. The number of nitrogens with zero attached hydrogens (tertiary/aromatic N) is 1. The Kier molecular flexibility index (Phi) is 3.31. The van der Waals surface area contributed by atoms with E-state index in [2.05, 4.69) is 4.98 Å². The van der Waals surface area contributed by atoms with Gasteiger partial charge in [-0.25, -0.2) is 9.37 Å². The van der Waals surface area contributed by atoms with E-state index in [4.69, 9.17) is 5.73 Å². The zero-order valence-corrected chi connectivity index (χ0v) is 9.80. The molecule has 0 aliphatic carbocycles. The molecule has 0 radical (unpaired) electrons. The van der Waals surface area contributed by atoms with Crippen molar-refractivity contribution in [2.75, 3.05) is 0 Å². The Labute approximate surface area is 97.9 Å². The van der Waals surface area contributed by atoms with Crippen LogP contribution in [-0.2, 0) is 6.42 Å². The first-order chi connectivity index (χ1) is 7.66. The van der Waals surface area contributed by atoms with Crippen LogP contribution in [0, 0.1) is 5.82 Å². The van der Waals surface area contributed by atoms with Gasteiger partial charge in [0.05, 0.1) is 5.69 Å². The number of hydrogen-bond acceptors (Lipinski definition) is 3. The second-order valence-corrected chi connectivity index (χ2v) is 4.66. The molecule has 4 heteroatoms. The van der Waals surface area contributed by atoms with Crippen molar-refractivity contribution in [1.82, 2.24) is 4.98 Å². The summed E-state index contributed by atoms with van der Waals surface area (Å²) < 4.78 is 13.5. The SMILES string of the molecule is CC(N)Cc1csc(-c2ccccc2F)n1. The molecule has 2 N–H and O–H groups in total. The molecule has 84 valence electrons. The highest BCUT2D eigenvalue weighted by atomic mass is 32.1. The molecule has 1 aromatic heterocycles. The zero-order chi connectivity index (χ0) is 11.5. The van der Waals surface area contributed by atoms with Crippen molar-refractivity contribution in [1.29, 1.82) is 0 Å². The molecular formula is C12H13FN2S. The number of thiazole rings is 1. The van der Waals surface area contributed by atoms with Crippen LogP contribution >= 0.6 is 11.3 Å². The lowest BCUT2D eigenvalue weighted by atomic mass is 10.2. The van der Waals surface area contributed by atoms with Crippen molar-refractivity contribution in [3.63, 3.8) is 0 Å². The summed E-state index contributed by atoms with van der Waals surface area (Å²) in [5, 5.41) is 2.65. The van der Waals surface area contributed by atoms with E-state index >= 15 is 0 Å². The first-order valence-corrected chi connectivity index (χ1v) is 5.99. The average Bonchev–Trinajstić information content (AvgIpc) is 2.66. The molecule has 1 atom stereocenters. The van der Waals surface area contributed by atoms with Crippen molar-refractivity contribution >= 4 is 11.3 Å². The number of nitrogens with two attached hydrogens (primary N) is 1. The standard InChI is InChI=1S/C12H13FN2S/c1-8(14)6-9-7-16-12(15-9)10-4-2-3-5-11(10)13/h2-5,7-8H,6,14H2,1H3. The minimum atomic E-state index is -0.232. The molecule has 1 unspecified atom stereocenters. The summed E-state index contributed by atoms with van der Waals surface area (Å²) in [5.74, 6) is -0.232. The fourth-order valence-electron chi connectivity index (χ4n) is 1.49. The number of rotatable bonds is 3. The summed E-state index contributed by atoms with van der Waals surface area (Å²) in [6.45, 7) is 1.93. The third-order valence-corrected chi connectivity index (χ3v) is 3.11. The second-order valence-electron chi connectivity index (χ2n) is 3.81. The molecule has 0 amide bonds. The fourth-order valence-corrected chi connectivity index (χ4v) is 2.35. The Morgan fingerprint density at radius 3 is 2.88 bits per heavy atom. The van der Waals surface area contributed by atoms with Gasteiger partial charge in [-0.3, -0.25) is 0 Å². The van der Waals surface area contributed by atoms with Crippen LogP contribution in [0.1, 0.15) is 12.6 Å². The molecule has 0 aliphatic rings.